The second kappa shape index (κ2) is 1.31. The third-order valence-corrected chi connectivity index (χ3v) is 2.78. The molecular weight excluding hydrogens is 94.9 g/mol. The highest BCUT2D eigenvalue weighted by Crippen LogP contribution is 2.62. The summed E-state index contributed by atoms with van der Waals surface area (Å²) in [6, 6.07) is 0. The lowest BCUT2D eigenvalue weighted by Crippen LogP contribution is -2.19. The predicted molar refractivity (Wildman–Crippen MR) is 34.9 cm³/mol. The molecule has 0 aromatic heterocycles. The monoisotopic (exact) mass is 106 g/mol. The summed E-state index contributed by atoms with van der Waals surface area (Å²) in [5, 5.41) is 0. The molecule has 0 bridgehead atoms. The Hall–Kier alpha value is 0.0649. The average Bonchev–Trinajstić information content (AvgIpc) is 2.13. The van der Waals surface area contributed by atoms with Crippen molar-refractivity contribution in [2.75, 3.05) is 0 Å². The molecule has 2 fully saturated rings. The Bertz CT molecular complexity index is 107. The lowest BCUT2D eigenvalue weighted by molar-refractivity contribution is 0.281. The first-order chi connectivity index (χ1) is 3.79. The van der Waals surface area contributed by atoms with Gasteiger partial charge in [0.1, 0.15) is 0 Å². The van der Waals surface area contributed by atoms with Crippen molar-refractivity contribution in [1.29, 1.82) is 0 Å². The van der Waals surface area contributed by atoms with Crippen molar-refractivity contribution in [2.24, 2.45) is 17.8 Å². The Labute approximate surface area is 52.1 Å². The molecule has 4 atom stereocenters. The summed E-state index contributed by atoms with van der Waals surface area (Å²) < 4.78 is 0. The zero-order valence-corrected chi connectivity index (χ0v) is 5.30. The first kappa shape index (κ1) is 4.90. The molecule has 8 heavy (non-hydrogen) atoms. The molecule has 0 N–H and O–H groups in total. The van der Waals surface area contributed by atoms with E-state index in [-0.39, 0.29) is 0 Å². The largest absolute Gasteiger partial charge is 0.0771 e. The Morgan fingerprint density at radius 3 is 2.38 bits per heavy atom. The SMILES string of the molecule is [B]C(C)C1CC2CC21. The van der Waals surface area contributed by atoms with Crippen LogP contribution < -0.4 is 0 Å². The molecule has 0 amide bonds. The molecule has 42 valence electrons. The van der Waals surface area contributed by atoms with Crippen LogP contribution >= 0.6 is 0 Å². The molecule has 0 aromatic carbocycles. The van der Waals surface area contributed by atoms with Crippen LogP contribution in [0.4, 0.5) is 0 Å². The van der Waals surface area contributed by atoms with E-state index in [1.165, 1.54) is 12.8 Å². The maximum Gasteiger partial charge on any atom is 0.0699 e. The Kier molecular flexibility index (Phi) is 0.804. The third-order valence-electron chi connectivity index (χ3n) is 2.78. The van der Waals surface area contributed by atoms with E-state index in [0.717, 1.165) is 17.8 Å². The molecule has 4 unspecified atom stereocenters. The average molecular weight is 106 g/mol. The highest BCUT2D eigenvalue weighted by Gasteiger charge is 2.53. The van der Waals surface area contributed by atoms with E-state index < -0.39 is 0 Å². The van der Waals surface area contributed by atoms with Crippen LogP contribution in [0.3, 0.4) is 0 Å². The van der Waals surface area contributed by atoms with E-state index in [9.17, 15) is 0 Å². The van der Waals surface area contributed by atoms with E-state index in [2.05, 4.69) is 6.92 Å². The molecule has 0 saturated heterocycles. The standard InChI is InChI=1S/C7H11B/c1-4(8)6-2-5-3-7(5)6/h4-7H,2-3H2,1H3. The van der Waals surface area contributed by atoms with Crippen molar-refractivity contribution in [3.05, 3.63) is 0 Å². The van der Waals surface area contributed by atoms with Crippen molar-refractivity contribution in [3.63, 3.8) is 0 Å². The fraction of sp³-hybridized carbons (Fsp3) is 1.00. The van der Waals surface area contributed by atoms with E-state index in [0.29, 0.717) is 5.82 Å². The fourth-order valence-electron chi connectivity index (χ4n) is 2.00. The van der Waals surface area contributed by atoms with Gasteiger partial charge in [-0.3, -0.25) is 0 Å². The molecule has 2 radical (unpaired) electrons. The molecule has 2 aliphatic carbocycles. The molecule has 0 spiro atoms. The van der Waals surface area contributed by atoms with Crippen molar-refractivity contribution < 1.29 is 0 Å². The summed E-state index contributed by atoms with van der Waals surface area (Å²) in [6.07, 6.45) is 2.93. The van der Waals surface area contributed by atoms with Gasteiger partial charge in [-0.2, -0.15) is 0 Å². The van der Waals surface area contributed by atoms with Gasteiger partial charge in [-0.25, -0.2) is 0 Å². The van der Waals surface area contributed by atoms with Crippen LogP contribution in [0, 0.1) is 17.8 Å². The summed E-state index contributed by atoms with van der Waals surface area (Å²) in [4.78, 5) is 0. The maximum atomic E-state index is 5.71. The minimum Gasteiger partial charge on any atom is -0.0771 e. The zero-order chi connectivity index (χ0) is 5.72. The Morgan fingerprint density at radius 2 is 2.25 bits per heavy atom. The first-order valence-corrected chi connectivity index (χ1v) is 3.54. The van der Waals surface area contributed by atoms with Crippen LogP contribution in [-0.2, 0) is 0 Å². The lowest BCUT2D eigenvalue weighted by Gasteiger charge is -2.28. The van der Waals surface area contributed by atoms with Crippen LogP contribution in [0.15, 0.2) is 0 Å². The van der Waals surface area contributed by atoms with Gasteiger partial charge in [0.15, 0.2) is 0 Å². The molecule has 0 heterocycles. The second-order valence-electron chi connectivity index (χ2n) is 3.42. The van der Waals surface area contributed by atoms with E-state index in [1.807, 2.05) is 0 Å². The first-order valence-electron chi connectivity index (χ1n) is 3.54. The number of rotatable bonds is 1. The Morgan fingerprint density at radius 1 is 1.50 bits per heavy atom. The van der Waals surface area contributed by atoms with Gasteiger partial charge in [-0.05, 0) is 30.6 Å². The summed E-state index contributed by atoms with van der Waals surface area (Å²) in [6.45, 7) is 2.14. The van der Waals surface area contributed by atoms with Gasteiger partial charge in [0.05, 0.1) is 7.85 Å². The molecule has 2 rings (SSSR count). The van der Waals surface area contributed by atoms with Gasteiger partial charge >= 0.3 is 0 Å². The van der Waals surface area contributed by atoms with Gasteiger partial charge in [-0.15, -0.1) is 0 Å². The molecule has 0 nitrogen and oxygen atoms in total. The fourth-order valence-corrected chi connectivity index (χ4v) is 2.00. The summed E-state index contributed by atoms with van der Waals surface area (Å²) >= 11 is 0. The predicted octanol–water partition coefficient (Wildman–Crippen LogP) is 1.62. The number of hydrogen-bond acceptors (Lipinski definition) is 0. The van der Waals surface area contributed by atoms with Crippen molar-refractivity contribution >= 4 is 7.85 Å². The highest BCUT2D eigenvalue weighted by molar-refractivity contribution is 6.11. The highest BCUT2D eigenvalue weighted by atomic mass is 14.6. The van der Waals surface area contributed by atoms with E-state index in [1.54, 1.807) is 0 Å². The van der Waals surface area contributed by atoms with Gasteiger partial charge in [0.2, 0.25) is 0 Å². The maximum absolute atomic E-state index is 5.71. The van der Waals surface area contributed by atoms with Crippen molar-refractivity contribution in [1.82, 2.24) is 0 Å². The Balaban J connectivity index is 1.92. The van der Waals surface area contributed by atoms with Gasteiger partial charge in [0.25, 0.3) is 0 Å². The van der Waals surface area contributed by atoms with Gasteiger partial charge in [0, 0.05) is 0 Å². The van der Waals surface area contributed by atoms with Crippen LogP contribution in [-0.4, -0.2) is 7.85 Å². The van der Waals surface area contributed by atoms with E-state index >= 15 is 0 Å². The molecule has 0 aromatic rings. The van der Waals surface area contributed by atoms with Crippen LogP contribution in [0.25, 0.3) is 0 Å². The molecule has 1 heteroatoms. The normalized spacial score (nSPS) is 53.9. The van der Waals surface area contributed by atoms with Crippen LogP contribution in [0.5, 0.6) is 0 Å². The molecular formula is C7H11B. The van der Waals surface area contributed by atoms with E-state index in [4.69, 9.17) is 7.85 Å². The minimum atomic E-state index is 0.471. The van der Waals surface area contributed by atoms with Crippen LogP contribution in [0.2, 0.25) is 5.82 Å². The second-order valence-corrected chi connectivity index (χ2v) is 3.42. The topological polar surface area (TPSA) is 0 Å². The minimum absolute atomic E-state index is 0.471. The van der Waals surface area contributed by atoms with Gasteiger partial charge < -0.3 is 0 Å². The number of fused-ring (bicyclic) bond motifs is 1. The third kappa shape index (κ3) is 0.477. The molecule has 2 aliphatic rings. The lowest BCUT2D eigenvalue weighted by atomic mass is 9.68. The van der Waals surface area contributed by atoms with Gasteiger partial charge in [-0.1, -0.05) is 12.7 Å². The van der Waals surface area contributed by atoms with Crippen molar-refractivity contribution in [2.45, 2.75) is 25.6 Å². The van der Waals surface area contributed by atoms with Crippen LogP contribution in [0.1, 0.15) is 19.8 Å². The molecule has 0 aliphatic heterocycles. The number of hydrogen-bond donors (Lipinski definition) is 0. The molecule has 2 saturated carbocycles. The quantitative estimate of drug-likeness (QED) is 0.445. The summed E-state index contributed by atoms with van der Waals surface area (Å²) in [5.74, 6) is 3.56. The zero-order valence-electron chi connectivity index (χ0n) is 5.30. The summed E-state index contributed by atoms with van der Waals surface area (Å²) in [7, 11) is 5.71. The smallest absolute Gasteiger partial charge is 0.0699 e. The van der Waals surface area contributed by atoms with Crippen molar-refractivity contribution in [3.8, 4) is 0 Å². The summed E-state index contributed by atoms with van der Waals surface area (Å²) in [5.41, 5.74) is 0.